The molecule has 1 heterocycles. The molecule has 0 unspecified atom stereocenters. The molecule has 6 heteroatoms. The zero-order valence-electron chi connectivity index (χ0n) is 11.2. The Hall–Kier alpha value is -0.690. The van der Waals surface area contributed by atoms with Gasteiger partial charge in [-0.25, -0.2) is 0 Å². The van der Waals surface area contributed by atoms with Crippen molar-refractivity contribution < 1.29 is 19.0 Å². The van der Waals surface area contributed by atoms with Crippen LogP contribution in [0.5, 0.6) is 0 Å². The van der Waals surface area contributed by atoms with Gasteiger partial charge in [-0.2, -0.15) is 0 Å². The smallest absolute Gasteiger partial charge is 0.236 e. The Balaban J connectivity index is 1.89. The Morgan fingerprint density at radius 3 is 2.78 bits per heavy atom. The number of carbonyl (C=O) groups is 1. The number of carbonyl (C=O) groups excluding carboxylic acids is 1. The zero-order valence-corrected chi connectivity index (χ0v) is 11.2. The van der Waals surface area contributed by atoms with E-state index < -0.39 is 0 Å². The van der Waals surface area contributed by atoms with E-state index in [-0.39, 0.29) is 5.91 Å². The van der Waals surface area contributed by atoms with Crippen LogP contribution in [0.3, 0.4) is 0 Å². The number of methoxy groups -OCH3 is 1. The molecular formula is C12H24N2O4. The Morgan fingerprint density at radius 2 is 2.06 bits per heavy atom. The van der Waals surface area contributed by atoms with Crippen LogP contribution in [-0.4, -0.2) is 77.1 Å². The van der Waals surface area contributed by atoms with E-state index in [4.69, 9.17) is 14.2 Å². The monoisotopic (exact) mass is 260 g/mol. The average molecular weight is 260 g/mol. The second-order valence-electron chi connectivity index (χ2n) is 4.13. The van der Waals surface area contributed by atoms with Crippen molar-refractivity contribution in [3.8, 4) is 0 Å². The minimum atomic E-state index is 0.151. The Kier molecular flexibility index (Phi) is 8.75. The van der Waals surface area contributed by atoms with Gasteiger partial charge in [0.15, 0.2) is 0 Å². The molecule has 0 aromatic carbocycles. The third-order valence-corrected chi connectivity index (χ3v) is 2.71. The van der Waals surface area contributed by atoms with Crippen molar-refractivity contribution in [2.45, 2.75) is 6.42 Å². The molecule has 1 saturated heterocycles. The number of nitrogens with one attached hydrogen (secondary N) is 1. The molecule has 0 saturated carbocycles. The molecule has 0 aromatic rings. The van der Waals surface area contributed by atoms with Gasteiger partial charge in [0.25, 0.3) is 0 Å². The van der Waals surface area contributed by atoms with Crippen molar-refractivity contribution >= 4 is 5.91 Å². The summed E-state index contributed by atoms with van der Waals surface area (Å²) in [7, 11) is 1.65. The molecule has 1 aliphatic rings. The summed E-state index contributed by atoms with van der Waals surface area (Å²) in [6, 6.07) is 0. The lowest BCUT2D eigenvalue weighted by atomic mass is 10.4. The van der Waals surface area contributed by atoms with Crippen LogP contribution >= 0.6 is 0 Å². The predicted molar refractivity (Wildman–Crippen MR) is 67.6 cm³/mol. The molecule has 106 valence electrons. The largest absolute Gasteiger partial charge is 0.382 e. The first-order chi connectivity index (χ1) is 8.84. The third-order valence-electron chi connectivity index (χ3n) is 2.71. The van der Waals surface area contributed by atoms with E-state index in [0.29, 0.717) is 52.7 Å². The van der Waals surface area contributed by atoms with Crippen LogP contribution in [0.4, 0.5) is 0 Å². The third kappa shape index (κ3) is 6.90. The average Bonchev–Trinajstić information content (AvgIpc) is 2.42. The summed E-state index contributed by atoms with van der Waals surface area (Å²) in [6.45, 7) is 5.87. The van der Waals surface area contributed by atoms with Gasteiger partial charge >= 0.3 is 0 Å². The summed E-state index contributed by atoms with van der Waals surface area (Å²) >= 11 is 0. The van der Waals surface area contributed by atoms with E-state index in [1.807, 2.05) is 4.90 Å². The number of hydrogen-bond donors (Lipinski definition) is 1. The van der Waals surface area contributed by atoms with Crippen molar-refractivity contribution in [2.24, 2.45) is 0 Å². The number of morpholine rings is 1. The fraction of sp³-hybridized carbons (Fsp3) is 0.917. The first-order valence-corrected chi connectivity index (χ1v) is 6.47. The molecule has 1 fully saturated rings. The molecule has 1 rings (SSSR count). The summed E-state index contributed by atoms with van der Waals surface area (Å²) in [6.07, 6.45) is 0.903. The summed E-state index contributed by atoms with van der Waals surface area (Å²) in [5.41, 5.74) is 0. The Labute approximate surface area is 109 Å². The molecule has 0 bridgehead atoms. The van der Waals surface area contributed by atoms with Gasteiger partial charge in [0.1, 0.15) is 0 Å². The van der Waals surface area contributed by atoms with Gasteiger partial charge in [0, 0.05) is 26.8 Å². The van der Waals surface area contributed by atoms with Gasteiger partial charge < -0.3 is 24.4 Å². The van der Waals surface area contributed by atoms with Gasteiger partial charge in [0.05, 0.1) is 33.0 Å². The highest BCUT2D eigenvalue weighted by atomic mass is 16.5. The summed E-state index contributed by atoms with van der Waals surface area (Å²) in [4.78, 5) is 13.6. The Morgan fingerprint density at radius 1 is 1.28 bits per heavy atom. The maximum absolute atomic E-state index is 11.7. The summed E-state index contributed by atoms with van der Waals surface area (Å²) in [5.74, 6) is 0.151. The Bertz CT molecular complexity index is 220. The fourth-order valence-electron chi connectivity index (χ4n) is 1.66. The van der Waals surface area contributed by atoms with Crippen LogP contribution < -0.4 is 5.32 Å². The van der Waals surface area contributed by atoms with E-state index in [1.165, 1.54) is 0 Å². The first-order valence-electron chi connectivity index (χ1n) is 6.47. The van der Waals surface area contributed by atoms with Crippen LogP contribution in [0, 0.1) is 0 Å². The highest BCUT2D eigenvalue weighted by molar-refractivity contribution is 5.78. The van der Waals surface area contributed by atoms with Gasteiger partial charge in [0.2, 0.25) is 5.91 Å². The second kappa shape index (κ2) is 10.3. The normalized spacial score (nSPS) is 15.9. The minimum Gasteiger partial charge on any atom is -0.382 e. The van der Waals surface area contributed by atoms with E-state index in [1.54, 1.807) is 7.11 Å². The molecule has 0 atom stereocenters. The minimum absolute atomic E-state index is 0.151. The zero-order chi connectivity index (χ0) is 13.1. The van der Waals surface area contributed by atoms with Crippen LogP contribution in [0.25, 0.3) is 0 Å². The van der Waals surface area contributed by atoms with Crippen LogP contribution in [0.1, 0.15) is 6.42 Å². The number of hydrogen-bond acceptors (Lipinski definition) is 5. The SMILES string of the molecule is COCCOCCCNCC(=O)N1CCOCC1. The van der Waals surface area contributed by atoms with Crippen molar-refractivity contribution in [3.63, 3.8) is 0 Å². The lowest BCUT2D eigenvalue weighted by Crippen LogP contribution is -2.44. The van der Waals surface area contributed by atoms with Crippen molar-refractivity contribution in [3.05, 3.63) is 0 Å². The fourth-order valence-corrected chi connectivity index (χ4v) is 1.66. The standard InChI is InChI=1S/C12H24N2O4/c1-16-9-10-17-6-2-3-13-11-12(15)14-4-7-18-8-5-14/h13H,2-11H2,1H3. The van der Waals surface area contributed by atoms with Gasteiger partial charge in [-0.1, -0.05) is 0 Å². The van der Waals surface area contributed by atoms with Crippen LogP contribution in [0.15, 0.2) is 0 Å². The lowest BCUT2D eigenvalue weighted by Gasteiger charge is -2.26. The number of amides is 1. The summed E-state index contributed by atoms with van der Waals surface area (Å²) in [5, 5.41) is 3.13. The topological polar surface area (TPSA) is 60.0 Å². The molecule has 0 spiro atoms. The number of ether oxygens (including phenoxy) is 3. The summed E-state index contributed by atoms with van der Waals surface area (Å²) < 4.78 is 15.4. The molecule has 18 heavy (non-hydrogen) atoms. The molecule has 6 nitrogen and oxygen atoms in total. The highest BCUT2D eigenvalue weighted by Crippen LogP contribution is 1.96. The van der Waals surface area contributed by atoms with Gasteiger partial charge in [-0.15, -0.1) is 0 Å². The van der Waals surface area contributed by atoms with Gasteiger partial charge in [-0.3, -0.25) is 4.79 Å². The molecule has 0 aromatic heterocycles. The molecule has 0 aliphatic carbocycles. The van der Waals surface area contributed by atoms with E-state index in [2.05, 4.69) is 5.32 Å². The van der Waals surface area contributed by atoms with Crippen LogP contribution in [0.2, 0.25) is 0 Å². The van der Waals surface area contributed by atoms with Crippen molar-refractivity contribution in [1.29, 1.82) is 0 Å². The maximum atomic E-state index is 11.7. The first kappa shape index (κ1) is 15.4. The maximum Gasteiger partial charge on any atom is 0.236 e. The number of rotatable bonds is 9. The molecule has 0 radical (unpaired) electrons. The number of nitrogens with zero attached hydrogens (tertiary/aromatic N) is 1. The van der Waals surface area contributed by atoms with Gasteiger partial charge in [-0.05, 0) is 13.0 Å². The predicted octanol–water partition coefficient (Wildman–Crippen LogP) is -0.512. The molecular weight excluding hydrogens is 236 g/mol. The molecule has 1 amide bonds. The van der Waals surface area contributed by atoms with Crippen molar-refractivity contribution in [1.82, 2.24) is 10.2 Å². The van der Waals surface area contributed by atoms with E-state index in [0.717, 1.165) is 13.0 Å². The molecule has 1 N–H and O–H groups in total. The van der Waals surface area contributed by atoms with E-state index in [9.17, 15) is 4.79 Å². The second-order valence-corrected chi connectivity index (χ2v) is 4.13. The highest BCUT2D eigenvalue weighted by Gasteiger charge is 2.15. The van der Waals surface area contributed by atoms with Crippen LogP contribution in [-0.2, 0) is 19.0 Å². The lowest BCUT2D eigenvalue weighted by molar-refractivity contribution is -0.134. The van der Waals surface area contributed by atoms with Crippen molar-refractivity contribution in [2.75, 3.05) is 66.3 Å². The van der Waals surface area contributed by atoms with E-state index >= 15 is 0 Å². The quantitative estimate of drug-likeness (QED) is 0.566. The molecule has 1 aliphatic heterocycles.